The molecular formula is C19H15Cl2N3O6. The molecule has 1 aliphatic heterocycles. The maximum absolute atomic E-state index is 12.3. The van der Waals surface area contributed by atoms with E-state index in [1.807, 2.05) is 0 Å². The third kappa shape index (κ3) is 5.05. The molecule has 0 spiro atoms. The average Bonchev–Trinajstić information content (AvgIpc) is 3.11. The van der Waals surface area contributed by atoms with Crippen LogP contribution in [0.1, 0.15) is 6.42 Å². The monoisotopic (exact) mass is 451 g/mol. The van der Waals surface area contributed by atoms with Gasteiger partial charge in [-0.2, -0.15) is 0 Å². The Kier molecular flexibility index (Phi) is 6.53. The lowest BCUT2D eigenvalue weighted by Crippen LogP contribution is -2.28. The fourth-order valence-electron chi connectivity index (χ4n) is 2.91. The number of halogens is 2. The van der Waals surface area contributed by atoms with E-state index in [0.29, 0.717) is 16.4 Å². The molecule has 1 aliphatic rings. The second kappa shape index (κ2) is 9.10. The number of rotatable bonds is 6. The molecule has 1 saturated heterocycles. The number of esters is 1. The molecule has 0 bridgehead atoms. The number of anilines is 2. The molecule has 0 saturated carbocycles. The van der Waals surface area contributed by atoms with Gasteiger partial charge in [-0.05, 0) is 24.3 Å². The van der Waals surface area contributed by atoms with Gasteiger partial charge in [0, 0.05) is 30.8 Å². The topological polar surface area (TPSA) is 119 Å². The van der Waals surface area contributed by atoms with Crippen LogP contribution < -0.4 is 10.2 Å². The van der Waals surface area contributed by atoms with Crippen molar-refractivity contribution in [3.63, 3.8) is 0 Å². The van der Waals surface area contributed by atoms with Crippen LogP contribution in [0, 0.1) is 16.0 Å². The molecule has 1 fully saturated rings. The summed E-state index contributed by atoms with van der Waals surface area (Å²) in [4.78, 5) is 48.1. The number of hydrogen-bond donors (Lipinski definition) is 1. The number of nitro groups is 1. The molecule has 0 aromatic heterocycles. The molecule has 156 valence electrons. The quantitative estimate of drug-likeness (QED) is 0.408. The number of benzene rings is 2. The number of nitro benzene ring substituents is 1. The van der Waals surface area contributed by atoms with Crippen molar-refractivity contribution in [2.75, 3.05) is 23.4 Å². The van der Waals surface area contributed by atoms with Crippen LogP contribution in [0.4, 0.5) is 17.1 Å². The number of ether oxygens (including phenoxy) is 1. The van der Waals surface area contributed by atoms with Gasteiger partial charge in [0.15, 0.2) is 6.61 Å². The number of nitrogens with one attached hydrogen (secondary N) is 1. The third-order valence-corrected chi connectivity index (χ3v) is 5.10. The van der Waals surface area contributed by atoms with Gasteiger partial charge in [-0.1, -0.05) is 29.3 Å². The zero-order valence-electron chi connectivity index (χ0n) is 15.3. The van der Waals surface area contributed by atoms with E-state index in [2.05, 4.69) is 5.32 Å². The number of amides is 2. The Labute approximate surface area is 180 Å². The molecule has 1 heterocycles. The van der Waals surface area contributed by atoms with Crippen LogP contribution >= 0.6 is 23.2 Å². The summed E-state index contributed by atoms with van der Waals surface area (Å²) in [6.07, 6.45) is -0.115. The van der Waals surface area contributed by atoms with Gasteiger partial charge in [0.25, 0.3) is 11.6 Å². The molecule has 3 rings (SSSR count). The Morgan fingerprint density at radius 2 is 1.97 bits per heavy atom. The minimum atomic E-state index is -0.783. The molecule has 1 N–H and O–H groups in total. The molecule has 2 aromatic rings. The van der Waals surface area contributed by atoms with Crippen LogP contribution in [0.5, 0.6) is 0 Å². The number of carbonyl (C=O) groups excluding carboxylic acids is 3. The first-order chi connectivity index (χ1) is 14.2. The van der Waals surface area contributed by atoms with E-state index in [9.17, 15) is 24.5 Å². The predicted molar refractivity (Wildman–Crippen MR) is 110 cm³/mol. The predicted octanol–water partition coefficient (Wildman–Crippen LogP) is 3.44. The Hall–Kier alpha value is -3.17. The molecule has 2 amide bonds. The summed E-state index contributed by atoms with van der Waals surface area (Å²) in [6, 6.07) is 10.1. The Bertz CT molecular complexity index is 1030. The van der Waals surface area contributed by atoms with Crippen LogP contribution in [0.15, 0.2) is 42.5 Å². The summed E-state index contributed by atoms with van der Waals surface area (Å²) in [5.41, 5.74) is 0.547. The van der Waals surface area contributed by atoms with Gasteiger partial charge in [-0.25, -0.2) is 0 Å². The highest BCUT2D eigenvalue weighted by molar-refractivity contribution is 6.42. The van der Waals surface area contributed by atoms with E-state index >= 15 is 0 Å². The number of hydrogen-bond acceptors (Lipinski definition) is 6. The average molecular weight is 452 g/mol. The fraction of sp³-hybridized carbons (Fsp3) is 0.211. The summed E-state index contributed by atoms with van der Waals surface area (Å²) >= 11 is 11.7. The molecule has 9 nitrogen and oxygen atoms in total. The van der Waals surface area contributed by atoms with Gasteiger partial charge < -0.3 is 15.0 Å². The SMILES string of the molecule is O=C(COC(=O)[C@@H]1CC(=O)N(c2cccc([N+](=O)[O-])c2)C1)Nc1ccc(Cl)c(Cl)c1. The molecule has 2 aromatic carbocycles. The molecule has 0 aliphatic carbocycles. The third-order valence-electron chi connectivity index (χ3n) is 4.36. The van der Waals surface area contributed by atoms with Crippen molar-refractivity contribution in [1.82, 2.24) is 0 Å². The van der Waals surface area contributed by atoms with E-state index in [-0.39, 0.29) is 29.6 Å². The van der Waals surface area contributed by atoms with E-state index in [0.717, 1.165) is 0 Å². The lowest BCUT2D eigenvalue weighted by molar-refractivity contribution is -0.384. The van der Waals surface area contributed by atoms with Crippen LogP contribution in [0.2, 0.25) is 10.0 Å². The summed E-state index contributed by atoms with van der Waals surface area (Å²) in [5, 5.41) is 14.0. The molecule has 11 heteroatoms. The summed E-state index contributed by atoms with van der Waals surface area (Å²) in [5.74, 6) is -2.44. The highest BCUT2D eigenvalue weighted by atomic mass is 35.5. The Morgan fingerprint density at radius 3 is 2.67 bits per heavy atom. The van der Waals surface area contributed by atoms with Crippen LogP contribution in [-0.4, -0.2) is 35.9 Å². The molecule has 0 unspecified atom stereocenters. The maximum atomic E-state index is 12.3. The standard InChI is InChI=1S/C19H15Cl2N3O6/c20-15-5-4-12(7-16(15)21)22-17(25)10-30-19(27)11-6-18(26)23(9-11)13-2-1-3-14(8-13)24(28)29/h1-5,7-8,11H,6,9-10H2,(H,22,25)/t11-/m1/s1. The lowest BCUT2D eigenvalue weighted by Gasteiger charge is -2.16. The van der Waals surface area contributed by atoms with Crippen molar-refractivity contribution < 1.29 is 24.0 Å². The number of carbonyl (C=O) groups is 3. The largest absolute Gasteiger partial charge is 0.455 e. The number of non-ortho nitro benzene ring substituents is 1. The van der Waals surface area contributed by atoms with Gasteiger partial charge in [0.05, 0.1) is 26.6 Å². The first-order valence-corrected chi connectivity index (χ1v) is 9.46. The minimum Gasteiger partial charge on any atom is -0.455 e. The van der Waals surface area contributed by atoms with Gasteiger partial charge >= 0.3 is 5.97 Å². The summed E-state index contributed by atoms with van der Waals surface area (Å²) in [7, 11) is 0. The Balaban J connectivity index is 1.55. The second-order valence-electron chi connectivity index (χ2n) is 6.47. The highest BCUT2D eigenvalue weighted by Gasteiger charge is 2.36. The number of nitrogens with zero attached hydrogens (tertiary/aromatic N) is 2. The van der Waals surface area contributed by atoms with Crippen LogP contribution in [0.3, 0.4) is 0 Å². The summed E-state index contributed by atoms with van der Waals surface area (Å²) < 4.78 is 5.01. The van der Waals surface area contributed by atoms with Gasteiger partial charge in [0.1, 0.15) is 0 Å². The maximum Gasteiger partial charge on any atom is 0.311 e. The lowest BCUT2D eigenvalue weighted by atomic mass is 10.1. The normalized spacial score (nSPS) is 15.7. The first-order valence-electron chi connectivity index (χ1n) is 8.71. The smallest absolute Gasteiger partial charge is 0.311 e. The van der Waals surface area contributed by atoms with E-state index in [1.54, 1.807) is 12.1 Å². The fourth-order valence-corrected chi connectivity index (χ4v) is 3.21. The van der Waals surface area contributed by atoms with E-state index in [1.165, 1.54) is 35.2 Å². The van der Waals surface area contributed by atoms with Crippen molar-refractivity contribution >= 4 is 58.0 Å². The molecule has 30 heavy (non-hydrogen) atoms. The van der Waals surface area contributed by atoms with E-state index < -0.39 is 29.3 Å². The van der Waals surface area contributed by atoms with Gasteiger partial charge in [0.2, 0.25) is 5.91 Å². The molecular weight excluding hydrogens is 437 g/mol. The van der Waals surface area contributed by atoms with Crippen LogP contribution in [0.25, 0.3) is 0 Å². The van der Waals surface area contributed by atoms with Crippen molar-refractivity contribution in [2.24, 2.45) is 5.92 Å². The Morgan fingerprint density at radius 1 is 1.20 bits per heavy atom. The van der Waals surface area contributed by atoms with Crippen molar-refractivity contribution in [1.29, 1.82) is 0 Å². The minimum absolute atomic E-state index is 0.00719. The van der Waals surface area contributed by atoms with Crippen molar-refractivity contribution in [3.8, 4) is 0 Å². The zero-order chi connectivity index (χ0) is 21.8. The zero-order valence-corrected chi connectivity index (χ0v) is 16.9. The van der Waals surface area contributed by atoms with E-state index in [4.69, 9.17) is 27.9 Å². The van der Waals surface area contributed by atoms with Gasteiger partial charge in [-0.15, -0.1) is 0 Å². The van der Waals surface area contributed by atoms with Crippen LogP contribution in [-0.2, 0) is 19.1 Å². The first kappa shape index (κ1) is 21.5. The van der Waals surface area contributed by atoms with Gasteiger partial charge in [-0.3, -0.25) is 24.5 Å². The molecule has 1 atom stereocenters. The summed E-state index contributed by atoms with van der Waals surface area (Å²) in [6.45, 7) is -0.534. The van der Waals surface area contributed by atoms with Crippen molar-refractivity contribution in [3.05, 3.63) is 62.6 Å². The van der Waals surface area contributed by atoms with Crippen molar-refractivity contribution in [2.45, 2.75) is 6.42 Å². The second-order valence-corrected chi connectivity index (χ2v) is 7.28. The molecule has 0 radical (unpaired) electrons. The highest BCUT2D eigenvalue weighted by Crippen LogP contribution is 2.28.